The Morgan fingerprint density at radius 2 is 2.24 bits per heavy atom. The molecule has 0 radical (unpaired) electrons. The second kappa shape index (κ2) is 8.48. The molecular formula is C13H26N2O2. The molecule has 1 aliphatic rings. The van der Waals surface area contributed by atoms with E-state index in [0.717, 1.165) is 38.7 Å². The molecule has 0 spiro atoms. The van der Waals surface area contributed by atoms with Crippen LogP contribution in [0.4, 0.5) is 0 Å². The van der Waals surface area contributed by atoms with Gasteiger partial charge in [-0.2, -0.15) is 0 Å². The fraction of sp³-hybridized carbons (Fsp3) is 0.923. The summed E-state index contributed by atoms with van der Waals surface area (Å²) in [6, 6.07) is 0. The van der Waals surface area contributed by atoms with Crippen LogP contribution in [0.5, 0.6) is 0 Å². The minimum Gasteiger partial charge on any atom is -0.380 e. The maximum Gasteiger partial charge on any atom is 0.223 e. The number of carbonyl (C=O) groups excluding carboxylic acids is 1. The third kappa shape index (κ3) is 5.04. The first-order valence-electron chi connectivity index (χ1n) is 6.85. The molecule has 17 heavy (non-hydrogen) atoms. The second-order valence-electron chi connectivity index (χ2n) is 4.79. The monoisotopic (exact) mass is 242 g/mol. The standard InChI is InChI=1S/C13H26N2O2/c1-2-3-8-17-9-7-15-13(16)12-6-4-5-11(12)10-14/h11-12H,2-10,14H2,1H3,(H,15,16). The minimum atomic E-state index is 0.135. The number of hydrogen-bond acceptors (Lipinski definition) is 3. The molecule has 0 heterocycles. The van der Waals surface area contributed by atoms with Crippen LogP contribution in [-0.2, 0) is 9.53 Å². The van der Waals surface area contributed by atoms with Crippen molar-refractivity contribution in [3.8, 4) is 0 Å². The van der Waals surface area contributed by atoms with Crippen LogP contribution in [0, 0.1) is 11.8 Å². The zero-order valence-electron chi connectivity index (χ0n) is 10.9. The molecule has 2 unspecified atom stereocenters. The topological polar surface area (TPSA) is 64.3 Å². The van der Waals surface area contributed by atoms with Gasteiger partial charge in [0.15, 0.2) is 0 Å². The average Bonchev–Trinajstić information content (AvgIpc) is 2.81. The lowest BCUT2D eigenvalue weighted by Crippen LogP contribution is -2.36. The van der Waals surface area contributed by atoms with E-state index in [1.807, 2.05) is 0 Å². The van der Waals surface area contributed by atoms with E-state index in [-0.39, 0.29) is 11.8 Å². The molecule has 4 heteroatoms. The van der Waals surface area contributed by atoms with Crippen LogP contribution in [0.1, 0.15) is 39.0 Å². The lowest BCUT2D eigenvalue weighted by molar-refractivity contribution is -0.126. The Morgan fingerprint density at radius 1 is 1.41 bits per heavy atom. The highest BCUT2D eigenvalue weighted by atomic mass is 16.5. The van der Waals surface area contributed by atoms with Gasteiger partial charge in [-0.3, -0.25) is 4.79 Å². The lowest BCUT2D eigenvalue weighted by Gasteiger charge is -2.17. The van der Waals surface area contributed by atoms with E-state index in [1.165, 1.54) is 0 Å². The quantitative estimate of drug-likeness (QED) is 0.630. The Hall–Kier alpha value is -0.610. The van der Waals surface area contributed by atoms with Gasteiger partial charge < -0.3 is 15.8 Å². The molecule has 0 aromatic carbocycles. The van der Waals surface area contributed by atoms with Gasteiger partial charge in [0.1, 0.15) is 0 Å². The SMILES string of the molecule is CCCCOCCNC(=O)C1CCCC1CN. The van der Waals surface area contributed by atoms with E-state index >= 15 is 0 Å². The van der Waals surface area contributed by atoms with Crippen LogP contribution in [0.2, 0.25) is 0 Å². The molecule has 1 amide bonds. The highest BCUT2D eigenvalue weighted by Gasteiger charge is 2.31. The predicted octanol–water partition coefficient (Wildman–Crippen LogP) is 1.29. The maximum absolute atomic E-state index is 11.9. The highest BCUT2D eigenvalue weighted by molar-refractivity contribution is 5.79. The van der Waals surface area contributed by atoms with Gasteiger partial charge in [-0.05, 0) is 31.7 Å². The normalized spacial score (nSPS) is 23.9. The van der Waals surface area contributed by atoms with Crippen LogP contribution in [0.3, 0.4) is 0 Å². The molecule has 1 saturated carbocycles. The van der Waals surface area contributed by atoms with Crippen LogP contribution in [-0.4, -0.2) is 32.2 Å². The molecule has 2 atom stereocenters. The Morgan fingerprint density at radius 3 is 2.94 bits per heavy atom. The Balaban J connectivity index is 2.08. The molecule has 0 aromatic heterocycles. The molecule has 0 saturated heterocycles. The number of amides is 1. The first kappa shape index (κ1) is 14.5. The van der Waals surface area contributed by atoms with Crippen LogP contribution >= 0.6 is 0 Å². The van der Waals surface area contributed by atoms with Crippen molar-refractivity contribution in [2.24, 2.45) is 17.6 Å². The molecule has 0 aromatic rings. The Bertz CT molecular complexity index is 221. The van der Waals surface area contributed by atoms with Crippen molar-refractivity contribution < 1.29 is 9.53 Å². The summed E-state index contributed by atoms with van der Waals surface area (Å²) in [5.41, 5.74) is 5.67. The van der Waals surface area contributed by atoms with Gasteiger partial charge in [0.2, 0.25) is 5.91 Å². The number of hydrogen-bond donors (Lipinski definition) is 2. The van der Waals surface area contributed by atoms with Crippen molar-refractivity contribution >= 4 is 5.91 Å². The third-order valence-electron chi connectivity index (χ3n) is 3.49. The van der Waals surface area contributed by atoms with E-state index < -0.39 is 0 Å². The van der Waals surface area contributed by atoms with Crippen molar-refractivity contribution in [2.45, 2.75) is 39.0 Å². The molecular weight excluding hydrogens is 216 g/mol. The van der Waals surface area contributed by atoms with E-state index in [4.69, 9.17) is 10.5 Å². The average molecular weight is 242 g/mol. The molecule has 4 nitrogen and oxygen atoms in total. The molecule has 1 rings (SSSR count). The highest BCUT2D eigenvalue weighted by Crippen LogP contribution is 2.30. The zero-order chi connectivity index (χ0) is 12.5. The Labute approximate surface area is 104 Å². The van der Waals surface area contributed by atoms with Crippen molar-refractivity contribution in [3.63, 3.8) is 0 Å². The van der Waals surface area contributed by atoms with Crippen molar-refractivity contribution in [1.82, 2.24) is 5.32 Å². The van der Waals surface area contributed by atoms with Crippen molar-refractivity contribution in [2.75, 3.05) is 26.3 Å². The van der Waals surface area contributed by atoms with E-state index in [2.05, 4.69) is 12.2 Å². The summed E-state index contributed by atoms with van der Waals surface area (Å²) in [5.74, 6) is 0.684. The van der Waals surface area contributed by atoms with Crippen LogP contribution < -0.4 is 11.1 Å². The largest absolute Gasteiger partial charge is 0.380 e. The number of rotatable bonds is 8. The van der Waals surface area contributed by atoms with Crippen LogP contribution in [0.25, 0.3) is 0 Å². The van der Waals surface area contributed by atoms with Crippen LogP contribution in [0.15, 0.2) is 0 Å². The second-order valence-corrected chi connectivity index (χ2v) is 4.79. The van der Waals surface area contributed by atoms with Gasteiger partial charge in [-0.1, -0.05) is 19.8 Å². The minimum absolute atomic E-state index is 0.135. The third-order valence-corrected chi connectivity index (χ3v) is 3.49. The number of nitrogens with two attached hydrogens (primary N) is 1. The van der Waals surface area contributed by atoms with E-state index in [1.54, 1.807) is 0 Å². The molecule has 1 aliphatic carbocycles. The summed E-state index contributed by atoms with van der Waals surface area (Å²) >= 11 is 0. The molecule has 0 bridgehead atoms. The van der Waals surface area contributed by atoms with Gasteiger partial charge >= 0.3 is 0 Å². The molecule has 0 aliphatic heterocycles. The summed E-state index contributed by atoms with van der Waals surface area (Å²) in [6.07, 6.45) is 5.46. The summed E-state index contributed by atoms with van der Waals surface area (Å²) in [5, 5.41) is 2.95. The van der Waals surface area contributed by atoms with Gasteiger partial charge in [-0.25, -0.2) is 0 Å². The van der Waals surface area contributed by atoms with E-state index in [9.17, 15) is 4.79 Å². The van der Waals surface area contributed by atoms with E-state index in [0.29, 0.717) is 25.6 Å². The maximum atomic E-state index is 11.9. The number of nitrogens with one attached hydrogen (secondary N) is 1. The fourth-order valence-corrected chi connectivity index (χ4v) is 2.39. The first-order chi connectivity index (χ1) is 8.29. The molecule has 1 fully saturated rings. The van der Waals surface area contributed by atoms with Crippen molar-refractivity contribution in [3.05, 3.63) is 0 Å². The van der Waals surface area contributed by atoms with Crippen molar-refractivity contribution in [1.29, 1.82) is 0 Å². The summed E-state index contributed by atoms with van der Waals surface area (Å²) in [6.45, 7) is 4.80. The number of unbranched alkanes of at least 4 members (excludes halogenated alkanes) is 1. The van der Waals surface area contributed by atoms with Gasteiger partial charge in [0.25, 0.3) is 0 Å². The summed E-state index contributed by atoms with van der Waals surface area (Å²) in [7, 11) is 0. The fourth-order valence-electron chi connectivity index (χ4n) is 2.39. The number of ether oxygens (including phenoxy) is 1. The van der Waals surface area contributed by atoms with Gasteiger partial charge in [0.05, 0.1) is 6.61 Å². The van der Waals surface area contributed by atoms with Gasteiger partial charge in [-0.15, -0.1) is 0 Å². The number of carbonyl (C=O) groups is 1. The molecule has 3 N–H and O–H groups in total. The summed E-state index contributed by atoms with van der Waals surface area (Å²) < 4.78 is 5.40. The smallest absolute Gasteiger partial charge is 0.223 e. The summed E-state index contributed by atoms with van der Waals surface area (Å²) in [4.78, 5) is 11.9. The predicted molar refractivity (Wildman–Crippen MR) is 68.6 cm³/mol. The molecule has 100 valence electrons. The Kier molecular flexibility index (Phi) is 7.21. The zero-order valence-corrected chi connectivity index (χ0v) is 10.9. The lowest BCUT2D eigenvalue weighted by atomic mass is 9.95. The van der Waals surface area contributed by atoms with Gasteiger partial charge in [0, 0.05) is 19.1 Å². The first-order valence-corrected chi connectivity index (χ1v) is 6.85.